The molecule has 4 rings (SSSR count). The van der Waals surface area contributed by atoms with Crippen LogP contribution in [-0.2, 0) is 4.79 Å². The van der Waals surface area contributed by atoms with Crippen LogP contribution in [0.15, 0.2) is 66.9 Å². The number of ether oxygens (including phenoxy) is 1. The molecule has 1 saturated carbocycles. The van der Waals surface area contributed by atoms with Crippen molar-refractivity contribution in [1.82, 2.24) is 10.3 Å². The van der Waals surface area contributed by atoms with Crippen molar-refractivity contribution >= 4 is 17.5 Å². The van der Waals surface area contributed by atoms with Crippen molar-refractivity contribution in [2.45, 2.75) is 51.1 Å². The van der Waals surface area contributed by atoms with Gasteiger partial charge in [-0.3, -0.25) is 19.5 Å². The maximum atomic E-state index is 14.7. The number of hydrogen-bond donors (Lipinski definition) is 1. The van der Waals surface area contributed by atoms with Crippen molar-refractivity contribution < 1.29 is 18.7 Å². The zero-order valence-corrected chi connectivity index (χ0v) is 20.0. The number of methoxy groups -OCH3 is 1. The van der Waals surface area contributed by atoms with E-state index in [1.807, 2.05) is 0 Å². The number of hydrogen-bond acceptors (Lipinski definition) is 4. The Morgan fingerprint density at radius 1 is 1.06 bits per heavy atom. The smallest absolute Gasteiger partial charge is 0.277 e. The Morgan fingerprint density at radius 3 is 2.43 bits per heavy atom. The Hall–Kier alpha value is -3.74. The number of halogens is 1. The van der Waals surface area contributed by atoms with Gasteiger partial charge in [0.2, 0.25) is 5.91 Å². The number of benzene rings is 2. The zero-order chi connectivity index (χ0) is 24.8. The van der Waals surface area contributed by atoms with Crippen LogP contribution in [0.3, 0.4) is 0 Å². The van der Waals surface area contributed by atoms with Gasteiger partial charge in [-0.25, -0.2) is 4.39 Å². The number of carbonyl (C=O) groups excluding carboxylic acids is 2. The predicted molar refractivity (Wildman–Crippen MR) is 133 cm³/mol. The van der Waals surface area contributed by atoms with Crippen LogP contribution in [0.2, 0.25) is 0 Å². The van der Waals surface area contributed by atoms with Gasteiger partial charge in [0, 0.05) is 17.9 Å². The number of amides is 2. The summed E-state index contributed by atoms with van der Waals surface area (Å²) in [6.45, 7) is 1.65. The molecule has 1 heterocycles. The molecule has 0 spiro atoms. The van der Waals surface area contributed by atoms with Gasteiger partial charge >= 0.3 is 0 Å². The Bertz CT molecular complexity index is 1160. The molecule has 0 radical (unpaired) electrons. The first-order valence-corrected chi connectivity index (χ1v) is 11.9. The summed E-state index contributed by atoms with van der Waals surface area (Å²) in [4.78, 5) is 33.2. The van der Waals surface area contributed by atoms with Crippen molar-refractivity contribution in [3.63, 3.8) is 0 Å². The fraction of sp³-hybridized carbons (Fsp3) is 0.321. The summed E-state index contributed by atoms with van der Waals surface area (Å²) in [6, 6.07) is 15.6. The molecule has 1 atom stereocenters. The van der Waals surface area contributed by atoms with Crippen LogP contribution < -0.4 is 15.0 Å². The maximum absolute atomic E-state index is 14.7. The van der Waals surface area contributed by atoms with Gasteiger partial charge in [0.25, 0.3) is 5.91 Å². The molecule has 35 heavy (non-hydrogen) atoms. The number of anilines is 1. The Balaban J connectivity index is 1.82. The molecule has 7 heteroatoms. The topological polar surface area (TPSA) is 71.5 Å². The Morgan fingerprint density at radius 2 is 1.80 bits per heavy atom. The third-order valence-corrected chi connectivity index (χ3v) is 6.43. The van der Waals surface area contributed by atoms with Gasteiger partial charge < -0.3 is 10.1 Å². The van der Waals surface area contributed by atoms with Gasteiger partial charge in [-0.15, -0.1) is 0 Å². The molecular weight excluding hydrogens is 445 g/mol. The first-order chi connectivity index (χ1) is 17.0. The maximum Gasteiger partial charge on any atom is 0.277 e. The standard InChI is InChI=1S/C28H30FN3O3/c1-19-11-14-22(18-24(19)29)32(28(34)25-10-6-7-17-30-25)26(20-12-15-23(35-2)16-13-20)27(33)31-21-8-4-3-5-9-21/h6-7,10-18,21,26H,3-5,8-9H2,1-2H3,(H,31,33)/t26-/m1/s1. The molecule has 1 aliphatic carbocycles. The van der Waals surface area contributed by atoms with Crippen LogP contribution in [0, 0.1) is 12.7 Å². The van der Waals surface area contributed by atoms with Crippen molar-refractivity contribution in [1.29, 1.82) is 0 Å². The van der Waals surface area contributed by atoms with Crippen LogP contribution in [0.1, 0.15) is 59.8 Å². The number of pyridine rings is 1. The summed E-state index contributed by atoms with van der Waals surface area (Å²) in [6.07, 6.45) is 6.57. The highest BCUT2D eigenvalue weighted by Gasteiger charge is 2.35. The largest absolute Gasteiger partial charge is 0.497 e. The van der Waals surface area contributed by atoms with E-state index in [0.29, 0.717) is 16.9 Å². The van der Waals surface area contributed by atoms with Crippen LogP contribution in [-0.4, -0.2) is 29.9 Å². The first kappa shape index (κ1) is 24.4. The molecule has 0 unspecified atom stereocenters. The van der Waals surface area contributed by atoms with E-state index in [9.17, 15) is 14.0 Å². The van der Waals surface area contributed by atoms with Crippen LogP contribution in [0.5, 0.6) is 5.75 Å². The minimum atomic E-state index is -1.03. The van der Waals surface area contributed by atoms with Gasteiger partial charge in [0.15, 0.2) is 0 Å². The van der Waals surface area contributed by atoms with Crippen molar-refractivity contribution in [3.8, 4) is 5.75 Å². The second-order valence-electron chi connectivity index (χ2n) is 8.84. The molecule has 1 N–H and O–H groups in total. The quantitative estimate of drug-likeness (QED) is 0.498. The van der Waals surface area contributed by atoms with Crippen LogP contribution >= 0.6 is 0 Å². The highest BCUT2D eigenvalue weighted by molar-refractivity contribution is 6.09. The summed E-state index contributed by atoms with van der Waals surface area (Å²) in [5, 5.41) is 3.15. The lowest BCUT2D eigenvalue weighted by atomic mass is 9.94. The molecule has 2 aromatic carbocycles. The summed E-state index contributed by atoms with van der Waals surface area (Å²) in [5.74, 6) is -0.632. The van der Waals surface area contributed by atoms with E-state index >= 15 is 0 Å². The second-order valence-corrected chi connectivity index (χ2v) is 8.84. The third kappa shape index (κ3) is 5.67. The minimum absolute atomic E-state index is 0.0403. The fourth-order valence-corrected chi connectivity index (χ4v) is 4.46. The number of rotatable bonds is 7. The molecule has 182 valence electrons. The van der Waals surface area contributed by atoms with E-state index in [1.54, 1.807) is 68.6 Å². The number of nitrogens with zero attached hydrogens (tertiary/aromatic N) is 2. The minimum Gasteiger partial charge on any atom is -0.497 e. The summed E-state index contributed by atoms with van der Waals surface area (Å²) in [7, 11) is 1.56. The van der Waals surface area contributed by atoms with Crippen molar-refractivity contribution in [3.05, 3.63) is 89.5 Å². The molecule has 2 amide bonds. The molecule has 1 fully saturated rings. The van der Waals surface area contributed by atoms with Gasteiger partial charge in [-0.05, 0) is 67.3 Å². The van der Waals surface area contributed by atoms with Gasteiger partial charge in [0.05, 0.1) is 7.11 Å². The Labute approximate surface area is 205 Å². The van der Waals surface area contributed by atoms with E-state index in [2.05, 4.69) is 10.3 Å². The second kappa shape index (κ2) is 11.1. The average molecular weight is 476 g/mol. The number of nitrogens with one attached hydrogen (secondary N) is 1. The molecular formula is C28H30FN3O3. The van der Waals surface area contributed by atoms with Crippen molar-refractivity contribution in [2.75, 3.05) is 12.0 Å². The SMILES string of the molecule is COc1ccc([C@H](C(=O)NC2CCCCC2)N(C(=O)c2ccccn2)c2ccc(C)c(F)c2)cc1. The van der Waals surface area contributed by atoms with Gasteiger partial charge in [0.1, 0.15) is 23.3 Å². The summed E-state index contributed by atoms with van der Waals surface area (Å²) < 4.78 is 20.0. The van der Waals surface area contributed by atoms with E-state index in [0.717, 1.165) is 32.1 Å². The first-order valence-electron chi connectivity index (χ1n) is 11.9. The van der Waals surface area contributed by atoms with E-state index < -0.39 is 17.8 Å². The molecule has 6 nitrogen and oxygen atoms in total. The van der Waals surface area contributed by atoms with E-state index in [1.165, 1.54) is 17.2 Å². The summed E-state index contributed by atoms with van der Waals surface area (Å²) in [5.41, 5.74) is 1.48. The van der Waals surface area contributed by atoms with Gasteiger partial charge in [-0.2, -0.15) is 0 Å². The fourth-order valence-electron chi connectivity index (χ4n) is 4.46. The summed E-state index contributed by atoms with van der Waals surface area (Å²) >= 11 is 0. The predicted octanol–water partition coefficient (Wildman–Crippen LogP) is 5.37. The molecule has 0 bridgehead atoms. The number of carbonyl (C=O) groups is 2. The number of aryl methyl sites for hydroxylation is 1. The Kier molecular flexibility index (Phi) is 7.75. The van der Waals surface area contributed by atoms with Gasteiger partial charge in [-0.1, -0.05) is 43.5 Å². The van der Waals surface area contributed by atoms with E-state index in [-0.39, 0.29) is 23.3 Å². The van der Waals surface area contributed by atoms with E-state index in [4.69, 9.17) is 4.74 Å². The lowest BCUT2D eigenvalue weighted by Gasteiger charge is -2.33. The average Bonchev–Trinajstić information content (AvgIpc) is 2.89. The normalized spacial score (nSPS) is 14.7. The molecule has 0 saturated heterocycles. The highest BCUT2D eigenvalue weighted by atomic mass is 19.1. The lowest BCUT2D eigenvalue weighted by molar-refractivity contribution is -0.123. The molecule has 1 aliphatic rings. The molecule has 3 aromatic rings. The molecule has 1 aromatic heterocycles. The van der Waals surface area contributed by atoms with Crippen LogP contribution in [0.25, 0.3) is 0 Å². The molecule has 0 aliphatic heterocycles. The number of aromatic nitrogens is 1. The third-order valence-electron chi connectivity index (χ3n) is 6.43. The van der Waals surface area contributed by atoms with Crippen LogP contribution in [0.4, 0.5) is 10.1 Å². The monoisotopic (exact) mass is 475 g/mol. The highest BCUT2D eigenvalue weighted by Crippen LogP contribution is 2.32. The zero-order valence-electron chi connectivity index (χ0n) is 20.0. The van der Waals surface area contributed by atoms with Crippen molar-refractivity contribution in [2.24, 2.45) is 0 Å². The lowest BCUT2D eigenvalue weighted by Crippen LogP contribution is -2.47.